The summed E-state index contributed by atoms with van der Waals surface area (Å²) >= 11 is 0. The molecule has 6 atom stereocenters. The maximum atomic E-state index is 14.6. The Hall–Kier alpha value is -4.19. The molecule has 0 saturated heterocycles. The number of carbonyl (C=O) groups is 2. The molecule has 1 aliphatic heterocycles. The minimum absolute atomic E-state index is 0.0605. The van der Waals surface area contributed by atoms with Crippen LogP contribution in [0.25, 0.3) is 0 Å². The van der Waals surface area contributed by atoms with Gasteiger partial charge in [-0.25, -0.2) is 4.79 Å². The van der Waals surface area contributed by atoms with Crippen molar-refractivity contribution >= 4 is 17.7 Å². The number of aliphatic hydroxyl groups excluding tert-OH is 2. The summed E-state index contributed by atoms with van der Waals surface area (Å²) in [5.74, 6) is -0.692. The van der Waals surface area contributed by atoms with Crippen LogP contribution in [-0.2, 0) is 20.9 Å². The Morgan fingerprint density at radius 3 is 2.31 bits per heavy atom. The highest BCUT2D eigenvalue weighted by Gasteiger charge is 2.65. The zero-order chi connectivity index (χ0) is 44.2. The van der Waals surface area contributed by atoms with Gasteiger partial charge >= 0.3 is 6.09 Å². The highest BCUT2D eigenvalue weighted by atomic mass is 16.7. The van der Waals surface area contributed by atoms with Crippen LogP contribution in [0.2, 0.25) is 0 Å². The number of fused-ring (bicyclic) bond motifs is 2. The average Bonchev–Trinajstić information content (AvgIpc) is 3.28. The summed E-state index contributed by atoms with van der Waals surface area (Å²) in [5, 5.41) is 27.4. The quantitative estimate of drug-likeness (QED) is 0.0437. The number of ether oxygens (including phenoxy) is 3. The molecule has 2 aliphatic carbocycles. The normalized spacial score (nSPS) is 23.1. The summed E-state index contributed by atoms with van der Waals surface area (Å²) in [5.41, 5.74) is 3.60. The van der Waals surface area contributed by atoms with Crippen molar-refractivity contribution in [3.05, 3.63) is 84.0 Å². The van der Waals surface area contributed by atoms with Gasteiger partial charge in [0.05, 0.1) is 18.2 Å². The highest BCUT2D eigenvalue weighted by Crippen LogP contribution is 2.62. The van der Waals surface area contributed by atoms with Gasteiger partial charge in [-0.05, 0) is 79.7 Å². The number of allylic oxidation sites excluding steroid dienone is 1. The standard InChI is InChI=1S/C51H75N3O8/c1-5-8-9-10-11-12-13-14-18-27-47(57)54(30-6-2)46-36-44(53-59-4)42-34-39(25-19-21-31-55)41(26-20-22-32-56)48-43-35-40(61-50(58)52-37-38-23-16-15-17-24-38)28-29-45(43)62-51(46,49(42)48)60-33-7-3/h7,15-17,23-24,28-29,34-35,39,41,46,48-49,55-56H,3,5-6,8-14,18-22,25-27,30-33,36-37H2,1-2,4H3,(H,52,58)/t39-,41+,46-,48+,49+,51+/m0/s1. The second-order valence-corrected chi connectivity index (χ2v) is 17.3. The van der Waals surface area contributed by atoms with Crippen molar-refractivity contribution in [3.8, 4) is 11.5 Å². The molecule has 0 aromatic heterocycles. The van der Waals surface area contributed by atoms with E-state index in [2.05, 4.69) is 31.8 Å². The Kier molecular flexibility index (Phi) is 20.3. The second kappa shape index (κ2) is 25.8. The Labute approximate surface area is 371 Å². The van der Waals surface area contributed by atoms with Crippen molar-refractivity contribution in [2.45, 2.75) is 154 Å². The van der Waals surface area contributed by atoms with Gasteiger partial charge in [0.15, 0.2) is 0 Å². The summed E-state index contributed by atoms with van der Waals surface area (Å²) in [4.78, 5) is 35.4. The van der Waals surface area contributed by atoms with Crippen LogP contribution in [-0.4, -0.2) is 78.1 Å². The fourth-order valence-corrected chi connectivity index (χ4v) is 10.2. The van der Waals surface area contributed by atoms with Crippen molar-refractivity contribution in [2.75, 3.05) is 33.5 Å². The van der Waals surface area contributed by atoms with Crippen LogP contribution in [0.15, 0.2) is 78.0 Å². The van der Waals surface area contributed by atoms with Crippen LogP contribution < -0.4 is 14.8 Å². The molecular weight excluding hydrogens is 783 g/mol. The second-order valence-electron chi connectivity index (χ2n) is 17.3. The molecule has 1 saturated carbocycles. The summed E-state index contributed by atoms with van der Waals surface area (Å²) in [6, 6.07) is 14.7. The third-order valence-corrected chi connectivity index (χ3v) is 13.0. The zero-order valence-electron chi connectivity index (χ0n) is 37.9. The summed E-state index contributed by atoms with van der Waals surface area (Å²) in [7, 11) is 1.56. The number of aliphatic hydroxyl groups is 2. The van der Waals surface area contributed by atoms with Crippen molar-refractivity contribution in [1.82, 2.24) is 10.2 Å². The predicted molar refractivity (Wildman–Crippen MR) is 245 cm³/mol. The first kappa shape index (κ1) is 48.8. The molecule has 0 radical (unpaired) electrons. The number of nitrogens with zero attached hydrogens (tertiary/aromatic N) is 2. The van der Waals surface area contributed by atoms with Gasteiger partial charge in [-0.2, -0.15) is 0 Å². The lowest BCUT2D eigenvalue weighted by atomic mass is 9.55. The lowest BCUT2D eigenvalue weighted by Crippen LogP contribution is -2.70. The van der Waals surface area contributed by atoms with E-state index in [4.69, 9.17) is 24.2 Å². The van der Waals surface area contributed by atoms with Crippen LogP contribution in [0.3, 0.4) is 0 Å². The van der Waals surface area contributed by atoms with Crippen molar-refractivity contribution in [3.63, 3.8) is 0 Å². The Balaban J connectivity index is 1.57. The molecule has 11 heteroatoms. The summed E-state index contributed by atoms with van der Waals surface area (Å²) in [6.07, 6.45) is 20.3. The Morgan fingerprint density at radius 1 is 0.919 bits per heavy atom. The van der Waals surface area contributed by atoms with Gasteiger partial charge in [0.2, 0.25) is 11.7 Å². The lowest BCUT2D eigenvalue weighted by Gasteiger charge is -2.60. The van der Waals surface area contributed by atoms with E-state index in [9.17, 15) is 19.8 Å². The zero-order valence-corrected chi connectivity index (χ0v) is 37.9. The molecule has 2 amide bonds. The first-order chi connectivity index (χ1) is 30.3. The third-order valence-electron chi connectivity index (χ3n) is 13.0. The molecule has 342 valence electrons. The van der Waals surface area contributed by atoms with Gasteiger partial charge in [-0.3, -0.25) is 4.79 Å². The number of amides is 2. The van der Waals surface area contributed by atoms with E-state index < -0.39 is 23.8 Å². The van der Waals surface area contributed by atoms with E-state index in [1.165, 1.54) is 38.5 Å². The number of oxime groups is 1. The molecule has 0 unspecified atom stereocenters. The third kappa shape index (κ3) is 12.7. The Bertz CT molecular complexity index is 1750. The molecule has 1 fully saturated rings. The minimum Gasteiger partial charge on any atom is -0.459 e. The van der Waals surface area contributed by atoms with Crippen LogP contribution >= 0.6 is 0 Å². The molecule has 5 rings (SSSR count). The van der Waals surface area contributed by atoms with Crippen molar-refractivity contribution in [2.24, 2.45) is 22.9 Å². The van der Waals surface area contributed by atoms with E-state index in [-0.39, 0.29) is 43.5 Å². The van der Waals surface area contributed by atoms with Gasteiger partial charge in [0.1, 0.15) is 24.7 Å². The number of hydrogen-bond acceptors (Lipinski definition) is 9. The number of nitrogens with one attached hydrogen (secondary N) is 1. The van der Waals surface area contributed by atoms with Gasteiger partial charge in [0.25, 0.3) is 0 Å². The number of rotatable bonds is 28. The molecule has 0 spiro atoms. The van der Waals surface area contributed by atoms with Crippen molar-refractivity contribution < 1.29 is 38.9 Å². The molecule has 2 aromatic rings. The Morgan fingerprint density at radius 2 is 1.63 bits per heavy atom. The average molecular weight is 858 g/mol. The maximum Gasteiger partial charge on any atom is 0.412 e. The van der Waals surface area contributed by atoms with E-state index in [1.807, 2.05) is 47.4 Å². The molecule has 2 aromatic carbocycles. The molecule has 11 nitrogen and oxygen atoms in total. The van der Waals surface area contributed by atoms with Gasteiger partial charge in [0, 0.05) is 50.6 Å². The maximum absolute atomic E-state index is 14.6. The van der Waals surface area contributed by atoms with Crippen LogP contribution in [0.4, 0.5) is 4.79 Å². The largest absolute Gasteiger partial charge is 0.459 e. The predicted octanol–water partition coefficient (Wildman–Crippen LogP) is 10.4. The molecule has 0 bridgehead atoms. The van der Waals surface area contributed by atoms with Crippen LogP contribution in [0.1, 0.15) is 146 Å². The van der Waals surface area contributed by atoms with E-state index in [0.29, 0.717) is 50.3 Å². The number of carbonyl (C=O) groups excluding carboxylic acids is 2. The number of unbranched alkanes of at least 4 members (excludes halogenated alkanes) is 10. The smallest absolute Gasteiger partial charge is 0.412 e. The summed E-state index contributed by atoms with van der Waals surface area (Å²) < 4.78 is 20.3. The fourth-order valence-electron chi connectivity index (χ4n) is 10.2. The topological polar surface area (TPSA) is 139 Å². The van der Waals surface area contributed by atoms with Crippen molar-refractivity contribution in [1.29, 1.82) is 0 Å². The first-order valence-corrected chi connectivity index (χ1v) is 23.8. The number of benzene rings is 2. The molecule has 3 aliphatic rings. The molecule has 3 N–H and O–H groups in total. The van der Waals surface area contributed by atoms with E-state index >= 15 is 0 Å². The number of hydrogen-bond donors (Lipinski definition) is 3. The molecular formula is C51H75N3O8. The first-order valence-electron chi connectivity index (χ1n) is 23.8. The van der Waals surface area contributed by atoms with Gasteiger partial charge < -0.3 is 39.5 Å². The van der Waals surface area contributed by atoms with Gasteiger partial charge in [-0.15, -0.1) is 6.58 Å². The van der Waals surface area contributed by atoms with Crippen LogP contribution in [0, 0.1) is 17.8 Å². The SMILES string of the molecule is C=CCO[C@@]12Oc3ccc(OC(=O)NCc4ccccc4)cc3[C@H]3[C@H](CCCCO)[C@@H](CCCCO)C=C(C(=NOC)C[C@@H]1N(CCC)C(=O)CCCCCCCCCCC)[C@H]32. The molecule has 62 heavy (non-hydrogen) atoms. The van der Waals surface area contributed by atoms with E-state index in [1.54, 1.807) is 19.3 Å². The van der Waals surface area contributed by atoms with Gasteiger partial charge in [-0.1, -0.05) is 126 Å². The molecule has 1 heterocycles. The lowest BCUT2D eigenvalue weighted by molar-refractivity contribution is -0.257. The van der Waals surface area contributed by atoms with Crippen LogP contribution in [0.5, 0.6) is 11.5 Å². The highest BCUT2D eigenvalue weighted by molar-refractivity contribution is 6.03. The minimum atomic E-state index is -1.31. The monoisotopic (exact) mass is 858 g/mol. The summed E-state index contributed by atoms with van der Waals surface area (Å²) in [6.45, 7) is 9.65. The van der Waals surface area contributed by atoms with E-state index in [0.717, 1.165) is 73.8 Å². The fraction of sp³-hybridized carbons (Fsp3) is 0.627.